The molecule has 0 N–H and O–H groups in total. The van der Waals surface area contributed by atoms with Gasteiger partial charge < -0.3 is 4.74 Å². The number of hydrogen-bond acceptors (Lipinski definition) is 1. The zero-order valence-corrected chi connectivity index (χ0v) is 8.42. The molecule has 0 bridgehead atoms. The van der Waals surface area contributed by atoms with Crippen LogP contribution in [0.2, 0.25) is 0 Å². The molecule has 0 aliphatic heterocycles. The third kappa shape index (κ3) is 4.69. The van der Waals surface area contributed by atoms with Crippen molar-refractivity contribution in [3.05, 3.63) is 42.8 Å². The molecule has 0 heterocycles. The van der Waals surface area contributed by atoms with E-state index in [0.29, 0.717) is 13.2 Å². The Morgan fingerprint density at radius 1 is 1.23 bits per heavy atom. The fourth-order valence-electron chi connectivity index (χ4n) is 1.02. The first-order valence-corrected chi connectivity index (χ1v) is 4.55. The van der Waals surface area contributed by atoms with Gasteiger partial charge in [0.05, 0.1) is 13.2 Å². The van der Waals surface area contributed by atoms with Gasteiger partial charge in [-0.25, -0.2) is 0 Å². The highest BCUT2D eigenvalue weighted by Gasteiger charge is 2.09. The molecule has 1 radical (unpaired) electrons. The molecular weight excluding hydrogens is 160 g/mol. The molecule has 0 aliphatic carbocycles. The predicted octanol–water partition coefficient (Wildman–Crippen LogP) is 3.06. The minimum absolute atomic E-state index is 0.00871. The molecular formula is C12H17O. The Kier molecular flexibility index (Phi) is 3.49. The molecule has 0 saturated carbocycles. The SMILES string of the molecule is [CH2]C(C)(C)COCc1ccccc1. The second-order valence-corrected chi connectivity index (χ2v) is 4.14. The van der Waals surface area contributed by atoms with Crippen molar-refractivity contribution in [1.82, 2.24) is 0 Å². The first kappa shape index (κ1) is 10.3. The highest BCUT2D eigenvalue weighted by atomic mass is 16.5. The van der Waals surface area contributed by atoms with E-state index in [1.807, 2.05) is 18.2 Å². The summed E-state index contributed by atoms with van der Waals surface area (Å²) in [6.07, 6.45) is 0. The van der Waals surface area contributed by atoms with Crippen molar-refractivity contribution in [2.45, 2.75) is 20.5 Å². The van der Waals surface area contributed by atoms with E-state index < -0.39 is 0 Å². The van der Waals surface area contributed by atoms with E-state index in [1.165, 1.54) is 5.56 Å². The van der Waals surface area contributed by atoms with Gasteiger partial charge in [0, 0.05) is 0 Å². The summed E-state index contributed by atoms with van der Waals surface area (Å²) in [6.45, 7) is 9.49. The quantitative estimate of drug-likeness (QED) is 0.686. The summed E-state index contributed by atoms with van der Waals surface area (Å²) < 4.78 is 5.52. The molecule has 0 amide bonds. The minimum Gasteiger partial charge on any atom is -0.376 e. The topological polar surface area (TPSA) is 9.23 Å². The van der Waals surface area contributed by atoms with E-state index in [4.69, 9.17) is 4.74 Å². The van der Waals surface area contributed by atoms with Crippen molar-refractivity contribution in [3.63, 3.8) is 0 Å². The van der Waals surface area contributed by atoms with Crippen LogP contribution in [-0.4, -0.2) is 6.61 Å². The standard InChI is InChI=1S/C12H17O/c1-12(2,3)10-13-9-11-7-5-4-6-8-11/h4-8H,1,9-10H2,2-3H3. The molecule has 1 nitrogen and oxygen atoms in total. The number of rotatable bonds is 4. The maximum absolute atomic E-state index is 5.52. The third-order valence-electron chi connectivity index (χ3n) is 1.60. The van der Waals surface area contributed by atoms with Crippen molar-refractivity contribution in [2.75, 3.05) is 6.61 Å². The lowest BCUT2D eigenvalue weighted by Gasteiger charge is -2.17. The summed E-state index contributed by atoms with van der Waals surface area (Å²) in [6, 6.07) is 10.2. The highest BCUT2D eigenvalue weighted by molar-refractivity contribution is 5.13. The van der Waals surface area contributed by atoms with Gasteiger partial charge in [-0.05, 0) is 17.9 Å². The van der Waals surface area contributed by atoms with Crippen molar-refractivity contribution in [2.24, 2.45) is 5.41 Å². The van der Waals surface area contributed by atoms with E-state index in [-0.39, 0.29) is 5.41 Å². The molecule has 71 valence electrons. The normalized spacial score (nSPS) is 11.6. The summed E-state index contributed by atoms with van der Waals surface area (Å²) in [5.74, 6) is 0. The Labute approximate surface area is 80.7 Å². The van der Waals surface area contributed by atoms with Crippen LogP contribution < -0.4 is 0 Å². The first-order chi connectivity index (χ1) is 6.08. The van der Waals surface area contributed by atoms with Gasteiger partial charge in [0.15, 0.2) is 0 Å². The van der Waals surface area contributed by atoms with Crippen LogP contribution in [0, 0.1) is 12.3 Å². The Morgan fingerprint density at radius 2 is 1.85 bits per heavy atom. The third-order valence-corrected chi connectivity index (χ3v) is 1.60. The van der Waals surface area contributed by atoms with Gasteiger partial charge in [-0.2, -0.15) is 0 Å². The number of benzene rings is 1. The lowest BCUT2D eigenvalue weighted by molar-refractivity contribution is 0.0706. The number of ether oxygens (including phenoxy) is 1. The Hall–Kier alpha value is -0.820. The molecule has 0 aromatic heterocycles. The molecule has 0 atom stereocenters. The maximum atomic E-state index is 5.52. The fourth-order valence-corrected chi connectivity index (χ4v) is 1.02. The Bertz CT molecular complexity index is 233. The van der Waals surface area contributed by atoms with Crippen LogP contribution in [-0.2, 0) is 11.3 Å². The van der Waals surface area contributed by atoms with Crippen LogP contribution in [0.1, 0.15) is 19.4 Å². The monoisotopic (exact) mass is 177 g/mol. The van der Waals surface area contributed by atoms with Crippen LogP contribution in [0.5, 0.6) is 0 Å². The summed E-state index contributed by atoms with van der Waals surface area (Å²) in [7, 11) is 0. The summed E-state index contributed by atoms with van der Waals surface area (Å²) in [4.78, 5) is 0. The molecule has 0 spiro atoms. The number of hydrogen-bond donors (Lipinski definition) is 0. The zero-order chi connectivity index (χ0) is 9.73. The lowest BCUT2D eigenvalue weighted by atomic mass is 9.99. The van der Waals surface area contributed by atoms with E-state index in [9.17, 15) is 0 Å². The summed E-state index contributed by atoms with van der Waals surface area (Å²) in [5.41, 5.74) is 1.22. The van der Waals surface area contributed by atoms with E-state index >= 15 is 0 Å². The summed E-state index contributed by atoms with van der Waals surface area (Å²) in [5, 5.41) is 0. The minimum atomic E-state index is 0.00871. The van der Waals surface area contributed by atoms with Gasteiger partial charge in [-0.15, -0.1) is 0 Å². The Balaban J connectivity index is 2.29. The molecule has 1 aromatic carbocycles. The molecule has 1 heteroatoms. The largest absolute Gasteiger partial charge is 0.376 e. The van der Waals surface area contributed by atoms with Crippen LogP contribution >= 0.6 is 0 Å². The maximum Gasteiger partial charge on any atom is 0.0717 e. The van der Waals surface area contributed by atoms with E-state index in [1.54, 1.807) is 0 Å². The van der Waals surface area contributed by atoms with Crippen LogP contribution in [0.25, 0.3) is 0 Å². The van der Waals surface area contributed by atoms with Crippen molar-refractivity contribution in [3.8, 4) is 0 Å². The lowest BCUT2D eigenvalue weighted by Crippen LogP contribution is -2.14. The summed E-state index contributed by atoms with van der Waals surface area (Å²) >= 11 is 0. The highest BCUT2D eigenvalue weighted by Crippen LogP contribution is 2.13. The van der Waals surface area contributed by atoms with Gasteiger partial charge in [0.1, 0.15) is 0 Å². The van der Waals surface area contributed by atoms with Gasteiger partial charge in [0.2, 0.25) is 0 Å². The zero-order valence-electron chi connectivity index (χ0n) is 8.42. The van der Waals surface area contributed by atoms with Crippen molar-refractivity contribution < 1.29 is 4.74 Å². The average Bonchev–Trinajstić information content (AvgIpc) is 2.04. The van der Waals surface area contributed by atoms with Gasteiger partial charge in [-0.1, -0.05) is 44.2 Å². The molecule has 13 heavy (non-hydrogen) atoms. The smallest absolute Gasteiger partial charge is 0.0717 e. The molecule has 0 aliphatic rings. The van der Waals surface area contributed by atoms with Gasteiger partial charge in [-0.3, -0.25) is 0 Å². The second kappa shape index (κ2) is 4.43. The molecule has 0 saturated heterocycles. The Morgan fingerprint density at radius 3 is 2.38 bits per heavy atom. The molecule has 0 unspecified atom stereocenters. The van der Waals surface area contributed by atoms with Crippen LogP contribution in [0.4, 0.5) is 0 Å². The average molecular weight is 177 g/mol. The van der Waals surface area contributed by atoms with Crippen LogP contribution in [0.3, 0.4) is 0 Å². The predicted molar refractivity (Wildman–Crippen MR) is 55.2 cm³/mol. The van der Waals surface area contributed by atoms with E-state index in [2.05, 4.69) is 32.9 Å². The second-order valence-electron chi connectivity index (χ2n) is 4.14. The van der Waals surface area contributed by atoms with Gasteiger partial charge in [0.25, 0.3) is 0 Å². The molecule has 1 aromatic rings. The fraction of sp³-hybridized carbons (Fsp3) is 0.417. The van der Waals surface area contributed by atoms with Gasteiger partial charge >= 0.3 is 0 Å². The van der Waals surface area contributed by atoms with E-state index in [0.717, 1.165) is 0 Å². The van der Waals surface area contributed by atoms with Crippen LogP contribution in [0.15, 0.2) is 30.3 Å². The van der Waals surface area contributed by atoms with Crippen molar-refractivity contribution in [1.29, 1.82) is 0 Å². The molecule has 0 fully saturated rings. The molecule has 1 rings (SSSR count). The first-order valence-electron chi connectivity index (χ1n) is 4.55. The van der Waals surface area contributed by atoms with Crippen molar-refractivity contribution >= 4 is 0 Å².